The number of anilines is 1. The zero-order chi connectivity index (χ0) is 19.2. The summed E-state index contributed by atoms with van der Waals surface area (Å²) in [6.45, 7) is 0.513. The summed E-state index contributed by atoms with van der Waals surface area (Å²) in [7, 11) is 1.77. The molecule has 0 atom stereocenters. The average molecular weight is 428 g/mol. The lowest BCUT2D eigenvalue weighted by atomic mass is 10.1. The number of nitrogens with zero attached hydrogens (tertiary/aromatic N) is 2. The SMILES string of the molecule is CN(Cc1cccnc1)C(=O)Cc1ccc(NC(=O)c2ccc(Br)o2)cc1. The second kappa shape index (κ2) is 8.64. The van der Waals surface area contributed by atoms with Gasteiger partial charge in [0.25, 0.3) is 5.91 Å². The molecule has 0 saturated heterocycles. The molecule has 27 heavy (non-hydrogen) atoms. The maximum absolute atomic E-state index is 12.4. The molecule has 0 aliphatic rings. The third kappa shape index (κ3) is 5.27. The molecule has 2 amide bonds. The molecule has 0 radical (unpaired) electrons. The Balaban J connectivity index is 1.55. The first-order valence-corrected chi connectivity index (χ1v) is 9.09. The van der Waals surface area contributed by atoms with Gasteiger partial charge in [-0.2, -0.15) is 0 Å². The van der Waals surface area contributed by atoms with Crippen LogP contribution in [0.5, 0.6) is 0 Å². The third-order valence-electron chi connectivity index (χ3n) is 3.93. The lowest BCUT2D eigenvalue weighted by molar-refractivity contribution is -0.129. The zero-order valence-corrected chi connectivity index (χ0v) is 16.3. The van der Waals surface area contributed by atoms with Crippen molar-refractivity contribution in [3.63, 3.8) is 0 Å². The van der Waals surface area contributed by atoms with Crippen LogP contribution in [0, 0.1) is 0 Å². The molecule has 0 aliphatic carbocycles. The molecule has 2 aromatic heterocycles. The van der Waals surface area contributed by atoms with Gasteiger partial charge >= 0.3 is 0 Å². The third-order valence-corrected chi connectivity index (χ3v) is 4.36. The number of halogens is 1. The van der Waals surface area contributed by atoms with E-state index in [9.17, 15) is 9.59 Å². The Labute approximate surface area is 165 Å². The van der Waals surface area contributed by atoms with Crippen LogP contribution in [0.1, 0.15) is 21.7 Å². The van der Waals surface area contributed by atoms with E-state index in [4.69, 9.17) is 4.42 Å². The number of carbonyl (C=O) groups excluding carboxylic acids is 2. The molecule has 3 rings (SSSR count). The number of nitrogens with one attached hydrogen (secondary N) is 1. The number of hydrogen-bond donors (Lipinski definition) is 1. The van der Waals surface area contributed by atoms with Crippen LogP contribution < -0.4 is 5.32 Å². The fourth-order valence-corrected chi connectivity index (χ4v) is 2.80. The van der Waals surface area contributed by atoms with Crippen molar-refractivity contribution in [2.45, 2.75) is 13.0 Å². The van der Waals surface area contributed by atoms with E-state index in [-0.39, 0.29) is 24.0 Å². The van der Waals surface area contributed by atoms with Crippen LogP contribution in [0.15, 0.2) is 70.0 Å². The number of likely N-dealkylation sites (N-methyl/N-ethyl adjacent to an activating group) is 1. The molecule has 0 bridgehead atoms. The summed E-state index contributed by atoms with van der Waals surface area (Å²) in [6.07, 6.45) is 3.74. The number of rotatable bonds is 6. The Hall–Kier alpha value is -2.93. The van der Waals surface area contributed by atoms with Crippen molar-refractivity contribution in [1.82, 2.24) is 9.88 Å². The average Bonchev–Trinajstić information content (AvgIpc) is 3.10. The molecule has 2 heterocycles. The Morgan fingerprint density at radius 2 is 1.89 bits per heavy atom. The number of amides is 2. The predicted octanol–water partition coefficient (Wildman–Crippen LogP) is 3.89. The van der Waals surface area contributed by atoms with Crippen LogP contribution in [0.3, 0.4) is 0 Å². The highest BCUT2D eigenvalue weighted by Crippen LogP contribution is 2.17. The quantitative estimate of drug-likeness (QED) is 0.647. The minimum atomic E-state index is -0.333. The van der Waals surface area contributed by atoms with Gasteiger partial charge in [-0.1, -0.05) is 18.2 Å². The number of benzene rings is 1. The second-order valence-electron chi connectivity index (χ2n) is 6.04. The topological polar surface area (TPSA) is 75.4 Å². The number of aromatic nitrogens is 1. The first kappa shape index (κ1) is 18.8. The van der Waals surface area contributed by atoms with E-state index < -0.39 is 0 Å². The highest BCUT2D eigenvalue weighted by molar-refractivity contribution is 9.10. The largest absolute Gasteiger partial charge is 0.444 e. The van der Waals surface area contributed by atoms with E-state index in [0.29, 0.717) is 16.9 Å². The minimum absolute atomic E-state index is 0.0103. The molecule has 0 unspecified atom stereocenters. The van der Waals surface area contributed by atoms with Crippen LogP contribution >= 0.6 is 15.9 Å². The van der Waals surface area contributed by atoms with Gasteiger partial charge in [0.1, 0.15) is 0 Å². The van der Waals surface area contributed by atoms with Gasteiger partial charge < -0.3 is 14.6 Å². The monoisotopic (exact) mass is 427 g/mol. The van der Waals surface area contributed by atoms with Crippen LogP contribution in [-0.2, 0) is 17.8 Å². The Kier molecular flexibility index (Phi) is 6.03. The standard InChI is InChI=1S/C20H18BrN3O3/c1-24(13-15-3-2-10-22-12-15)19(25)11-14-4-6-16(7-5-14)23-20(26)17-8-9-18(21)27-17/h2-10,12H,11,13H2,1H3,(H,23,26). The van der Waals surface area contributed by atoms with Gasteiger partial charge in [0, 0.05) is 31.7 Å². The molecule has 1 aromatic carbocycles. The van der Waals surface area contributed by atoms with Crippen LogP contribution in [0.2, 0.25) is 0 Å². The summed E-state index contributed by atoms with van der Waals surface area (Å²) in [5, 5.41) is 2.75. The molecule has 0 aliphatic heterocycles. The van der Waals surface area contributed by atoms with Crippen molar-refractivity contribution in [1.29, 1.82) is 0 Å². The first-order chi connectivity index (χ1) is 13.0. The lowest BCUT2D eigenvalue weighted by Crippen LogP contribution is -2.27. The summed E-state index contributed by atoms with van der Waals surface area (Å²) >= 11 is 3.16. The van der Waals surface area contributed by atoms with Crippen LogP contribution in [-0.4, -0.2) is 28.7 Å². The zero-order valence-electron chi connectivity index (χ0n) is 14.7. The molecule has 0 spiro atoms. The summed E-state index contributed by atoms with van der Waals surface area (Å²) < 4.78 is 5.72. The fourth-order valence-electron chi connectivity index (χ4n) is 2.50. The molecular weight excluding hydrogens is 410 g/mol. The molecule has 1 N–H and O–H groups in total. The maximum atomic E-state index is 12.4. The van der Waals surface area contributed by atoms with E-state index in [1.54, 1.807) is 48.6 Å². The summed E-state index contributed by atoms with van der Waals surface area (Å²) in [4.78, 5) is 30.2. The molecule has 3 aromatic rings. The summed E-state index contributed by atoms with van der Waals surface area (Å²) in [6, 6.07) is 14.2. The molecule has 138 valence electrons. The first-order valence-electron chi connectivity index (χ1n) is 8.30. The molecule has 0 fully saturated rings. The van der Waals surface area contributed by atoms with Crippen molar-refractivity contribution in [3.05, 3.63) is 82.5 Å². The second-order valence-corrected chi connectivity index (χ2v) is 6.82. The highest BCUT2D eigenvalue weighted by Gasteiger charge is 2.12. The molecule has 7 heteroatoms. The van der Waals surface area contributed by atoms with Gasteiger partial charge in [0.05, 0.1) is 6.42 Å². The summed E-state index contributed by atoms with van der Waals surface area (Å²) in [5.41, 5.74) is 2.49. The highest BCUT2D eigenvalue weighted by atomic mass is 79.9. The predicted molar refractivity (Wildman–Crippen MR) is 105 cm³/mol. The van der Waals surface area contributed by atoms with Gasteiger partial charge in [-0.25, -0.2) is 0 Å². The van der Waals surface area contributed by atoms with Gasteiger partial charge in [-0.05, 0) is 57.4 Å². The van der Waals surface area contributed by atoms with Crippen LogP contribution in [0.25, 0.3) is 0 Å². The Morgan fingerprint density at radius 3 is 2.52 bits per heavy atom. The van der Waals surface area contributed by atoms with Crippen molar-refractivity contribution in [2.24, 2.45) is 0 Å². The van der Waals surface area contributed by atoms with E-state index in [0.717, 1.165) is 11.1 Å². The van der Waals surface area contributed by atoms with E-state index in [1.165, 1.54) is 0 Å². The van der Waals surface area contributed by atoms with Crippen LogP contribution in [0.4, 0.5) is 5.69 Å². The Bertz CT molecular complexity index is 923. The van der Waals surface area contributed by atoms with Crippen molar-refractivity contribution in [2.75, 3.05) is 12.4 Å². The van der Waals surface area contributed by atoms with Crippen molar-refractivity contribution < 1.29 is 14.0 Å². The number of carbonyl (C=O) groups is 2. The molecule has 0 saturated carbocycles. The van der Waals surface area contributed by atoms with Crippen molar-refractivity contribution >= 4 is 33.4 Å². The normalized spacial score (nSPS) is 10.4. The minimum Gasteiger partial charge on any atom is -0.444 e. The lowest BCUT2D eigenvalue weighted by Gasteiger charge is -2.17. The molecule has 6 nitrogen and oxygen atoms in total. The number of hydrogen-bond acceptors (Lipinski definition) is 4. The summed E-state index contributed by atoms with van der Waals surface area (Å²) in [5.74, 6) is -0.102. The van der Waals surface area contributed by atoms with Gasteiger partial charge in [0.15, 0.2) is 10.4 Å². The number of furan rings is 1. The number of pyridine rings is 1. The van der Waals surface area contributed by atoms with E-state index in [2.05, 4.69) is 26.2 Å². The smallest absolute Gasteiger partial charge is 0.291 e. The Morgan fingerprint density at radius 1 is 1.11 bits per heavy atom. The van der Waals surface area contributed by atoms with Gasteiger partial charge in [-0.15, -0.1) is 0 Å². The maximum Gasteiger partial charge on any atom is 0.291 e. The molecular formula is C20H18BrN3O3. The fraction of sp³-hybridized carbons (Fsp3) is 0.150. The van der Waals surface area contributed by atoms with E-state index in [1.807, 2.05) is 24.3 Å². The van der Waals surface area contributed by atoms with Crippen molar-refractivity contribution in [3.8, 4) is 0 Å². The van der Waals surface area contributed by atoms with E-state index >= 15 is 0 Å². The van der Waals surface area contributed by atoms with Gasteiger partial charge in [0.2, 0.25) is 5.91 Å². The van der Waals surface area contributed by atoms with Gasteiger partial charge in [-0.3, -0.25) is 14.6 Å².